The van der Waals surface area contributed by atoms with Crippen LogP contribution in [0.2, 0.25) is 0 Å². The molecule has 1 amide bonds. The molecule has 1 aliphatic heterocycles. The second kappa shape index (κ2) is 4.53. The number of rotatable bonds is 2. The van der Waals surface area contributed by atoms with E-state index in [0.717, 1.165) is 25.9 Å². The zero-order valence-corrected chi connectivity index (χ0v) is 10.7. The van der Waals surface area contributed by atoms with Gasteiger partial charge in [0.1, 0.15) is 5.76 Å². The molecule has 1 N–H and O–H groups in total. The molecule has 0 spiro atoms. The van der Waals surface area contributed by atoms with E-state index in [1.54, 1.807) is 12.3 Å². The molecule has 0 bridgehead atoms. The fourth-order valence-electron chi connectivity index (χ4n) is 2.23. The van der Waals surface area contributed by atoms with Crippen molar-refractivity contribution < 1.29 is 9.21 Å². The number of hydrogen-bond acceptors (Lipinski definition) is 3. The molecule has 2 heterocycles. The van der Waals surface area contributed by atoms with Crippen molar-refractivity contribution in [3.63, 3.8) is 0 Å². The normalized spacial score (nSPS) is 19.4. The molecule has 17 heavy (non-hydrogen) atoms. The molecular weight excluding hydrogens is 216 g/mol. The first-order valence-electron chi connectivity index (χ1n) is 6.08. The summed E-state index contributed by atoms with van der Waals surface area (Å²) < 4.78 is 5.18. The molecule has 1 fully saturated rings. The summed E-state index contributed by atoms with van der Waals surface area (Å²) >= 11 is 0. The van der Waals surface area contributed by atoms with Gasteiger partial charge >= 0.3 is 0 Å². The standard InChI is InChI=1S/C13H20N2O2/c1-10-11(4-9-17-10)12(16)15-7-5-13(2,14-3)6-8-15/h4,9,14H,5-8H2,1-3H3. The molecule has 1 aromatic rings. The highest BCUT2D eigenvalue weighted by Gasteiger charge is 2.31. The van der Waals surface area contributed by atoms with Crippen LogP contribution in [-0.4, -0.2) is 36.5 Å². The maximum Gasteiger partial charge on any atom is 0.257 e. The molecule has 0 saturated carbocycles. The van der Waals surface area contributed by atoms with Gasteiger partial charge in [0.05, 0.1) is 11.8 Å². The minimum Gasteiger partial charge on any atom is -0.469 e. The number of aryl methyl sites for hydroxylation is 1. The van der Waals surface area contributed by atoms with Gasteiger partial charge in [0.15, 0.2) is 0 Å². The van der Waals surface area contributed by atoms with E-state index in [9.17, 15) is 4.79 Å². The average Bonchev–Trinajstić information content (AvgIpc) is 2.76. The van der Waals surface area contributed by atoms with E-state index in [1.807, 2.05) is 18.9 Å². The van der Waals surface area contributed by atoms with Crippen molar-refractivity contribution in [2.24, 2.45) is 0 Å². The van der Waals surface area contributed by atoms with Crippen LogP contribution in [0.5, 0.6) is 0 Å². The van der Waals surface area contributed by atoms with Crippen molar-refractivity contribution in [3.05, 3.63) is 23.7 Å². The van der Waals surface area contributed by atoms with Crippen molar-refractivity contribution in [2.75, 3.05) is 20.1 Å². The molecule has 0 radical (unpaired) electrons. The number of nitrogens with one attached hydrogen (secondary N) is 1. The van der Waals surface area contributed by atoms with Gasteiger partial charge in [-0.05, 0) is 39.8 Å². The van der Waals surface area contributed by atoms with Crippen LogP contribution in [0.15, 0.2) is 16.7 Å². The van der Waals surface area contributed by atoms with Crippen LogP contribution in [0.3, 0.4) is 0 Å². The van der Waals surface area contributed by atoms with E-state index in [0.29, 0.717) is 11.3 Å². The monoisotopic (exact) mass is 236 g/mol. The van der Waals surface area contributed by atoms with Gasteiger partial charge in [0.2, 0.25) is 0 Å². The van der Waals surface area contributed by atoms with Gasteiger partial charge < -0.3 is 14.6 Å². The molecule has 0 aliphatic carbocycles. The Hall–Kier alpha value is -1.29. The molecule has 94 valence electrons. The van der Waals surface area contributed by atoms with Gasteiger partial charge in [-0.15, -0.1) is 0 Å². The molecule has 0 unspecified atom stereocenters. The van der Waals surface area contributed by atoms with Crippen molar-refractivity contribution >= 4 is 5.91 Å². The van der Waals surface area contributed by atoms with E-state index in [4.69, 9.17) is 4.42 Å². The first-order chi connectivity index (χ1) is 8.06. The Morgan fingerprint density at radius 2 is 2.12 bits per heavy atom. The largest absolute Gasteiger partial charge is 0.469 e. The topological polar surface area (TPSA) is 45.5 Å². The molecular formula is C13H20N2O2. The summed E-state index contributed by atoms with van der Waals surface area (Å²) in [5.41, 5.74) is 0.862. The number of furan rings is 1. The highest BCUT2D eigenvalue weighted by molar-refractivity contribution is 5.95. The molecule has 4 heteroatoms. The van der Waals surface area contributed by atoms with E-state index in [-0.39, 0.29) is 11.4 Å². The Morgan fingerprint density at radius 3 is 2.59 bits per heavy atom. The number of carbonyl (C=O) groups excluding carboxylic acids is 1. The summed E-state index contributed by atoms with van der Waals surface area (Å²) in [5.74, 6) is 0.798. The summed E-state index contributed by atoms with van der Waals surface area (Å²) in [4.78, 5) is 14.1. The zero-order chi connectivity index (χ0) is 12.5. The van der Waals surface area contributed by atoms with E-state index >= 15 is 0 Å². The molecule has 1 aliphatic rings. The fourth-order valence-corrected chi connectivity index (χ4v) is 2.23. The Bertz CT molecular complexity index is 403. The van der Waals surface area contributed by atoms with E-state index < -0.39 is 0 Å². The molecule has 0 aromatic carbocycles. The highest BCUT2D eigenvalue weighted by Crippen LogP contribution is 2.23. The molecule has 0 atom stereocenters. The maximum atomic E-state index is 12.2. The van der Waals surface area contributed by atoms with Crippen molar-refractivity contribution in [1.82, 2.24) is 10.2 Å². The van der Waals surface area contributed by atoms with Crippen LogP contribution in [0, 0.1) is 6.92 Å². The number of amides is 1. The minimum absolute atomic E-state index is 0.0920. The summed E-state index contributed by atoms with van der Waals surface area (Å²) in [6.45, 7) is 5.65. The van der Waals surface area contributed by atoms with E-state index in [1.165, 1.54) is 0 Å². The second-order valence-electron chi connectivity index (χ2n) is 4.99. The molecule has 1 aromatic heterocycles. The summed E-state index contributed by atoms with van der Waals surface area (Å²) in [7, 11) is 1.98. The van der Waals surface area contributed by atoms with Crippen LogP contribution >= 0.6 is 0 Å². The smallest absolute Gasteiger partial charge is 0.257 e. The SMILES string of the molecule is CNC1(C)CCN(C(=O)c2ccoc2C)CC1. The third kappa shape index (κ3) is 2.36. The maximum absolute atomic E-state index is 12.2. The van der Waals surface area contributed by atoms with Crippen LogP contribution in [0.4, 0.5) is 0 Å². The van der Waals surface area contributed by atoms with Gasteiger partial charge in [0.25, 0.3) is 5.91 Å². The lowest BCUT2D eigenvalue weighted by atomic mass is 9.89. The Labute approximate surface area is 102 Å². The molecule has 4 nitrogen and oxygen atoms in total. The van der Waals surface area contributed by atoms with Crippen molar-refractivity contribution in [2.45, 2.75) is 32.2 Å². The predicted molar refractivity (Wildman–Crippen MR) is 66.0 cm³/mol. The second-order valence-corrected chi connectivity index (χ2v) is 4.99. The van der Waals surface area contributed by atoms with E-state index in [2.05, 4.69) is 12.2 Å². The summed E-state index contributed by atoms with van der Waals surface area (Å²) in [6, 6.07) is 1.75. The predicted octanol–water partition coefficient (Wildman–Crippen LogP) is 1.80. The summed E-state index contributed by atoms with van der Waals surface area (Å²) in [5, 5.41) is 3.33. The van der Waals surface area contributed by atoms with Gasteiger partial charge in [-0.1, -0.05) is 0 Å². The number of likely N-dealkylation sites (tertiary alicyclic amines) is 1. The lowest BCUT2D eigenvalue weighted by molar-refractivity contribution is 0.0660. The van der Waals surface area contributed by atoms with Crippen LogP contribution in [0.1, 0.15) is 35.9 Å². The van der Waals surface area contributed by atoms with Gasteiger partial charge in [-0.3, -0.25) is 4.79 Å². The van der Waals surface area contributed by atoms with Gasteiger partial charge in [-0.2, -0.15) is 0 Å². The minimum atomic E-state index is 0.0920. The van der Waals surface area contributed by atoms with Crippen LogP contribution < -0.4 is 5.32 Å². The average molecular weight is 236 g/mol. The lowest BCUT2D eigenvalue weighted by Crippen LogP contribution is -2.51. The van der Waals surface area contributed by atoms with Crippen LogP contribution in [-0.2, 0) is 0 Å². The highest BCUT2D eigenvalue weighted by atomic mass is 16.3. The number of carbonyl (C=O) groups is 1. The van der Waals surface area contributed by atoms with Gasteiger partial charge in [-0.25, -0.2) is 0 Å². The first-order valence-corrected chi connectivity index (χ1v) is 6.08. The number of nitrogens with zero attached hydrogens (tertiary/aromatic N) is 1. The van der Waals surface area contributed by atoms with Crippen molar-refractivity contribution in [3.8, 4) is 0 Å². The van der Waals surface area contributed by atoms with Gasteiger partial charge in [0, 0.05) is 18.6 Å². The zero-order valence-electron chi connectivity index (χ0n) is 10.7. The Balaban J connectivity index is 2.02. The fraction of sp³-hybridized carbons (Fsp3) is 0.615. The third-order valence-electron chi connectivity index (χ3n) is 3.85. The number of hydrogen-bond donors (Lipinski definition) is 1. The Morgan fingerprint density at radius 1 is 1.47 bits per heavy atom. The Kier molecular flexibility index (Phi) is 3.24. The molecule has 2 rings (SSSR count). The lowest BCUT2D eigenvalue weighted by Gasteiger charge is -2.39. The number of piperidine rings is 1. The summed E-state index contributed by atoms with van der Waals surface area (Å²) in [6.07, 6.45) is 3.56. The quantitative estimate of drug-likeness (QED) is 0.851. The molecule has 1 saturated heterocycles. The first kappa shape index (κ1) is 12.2. The van der Waals surface area contributed by atoms with Crippen molar-refractivity contribution in [1.29, 1.82) is 0 Å². The van der Waals surface area contributed by atoms with Crippen LogP contribution in [0.25, 0.3) is 0 Å². The third-order valence-corrected chi connectivity index (χ3v) is 3.85.